The van der Waals surface area contributed by atoms with Gasteiger partial charge in [0.1, 0.15) is 5.82 Å². The minimum Gasteiger partial charge on any atom is -0.384 e. The van der Waals surface area contributed by atoms with Crippen LogP contribution in [0.25, 0.3) is 16.9 Å². The van der Waals surface area contributed by atoms with Crippen molar-refractivity contribution in [1.29, 1.82) is 0 Å². The van der Waals surface area contributed by atoms with Crippen LogP contribution in [0.1, 0.15) is 5.69 Å². The molecule has 2 heterocycles. The highest BCUT2D eigenvalue weighted by Crippen LogP contribution is 2.24. The van der Waals surface area contributed by atoms with E-state index in [0.717, 1.165) is 22.6 Å². The van der Waals surface area contributed by atoms with E-state index in [1.54, 1.807) is 10.9 Å². The van der Waals surface area contributed by atoms with Gasteiger partial charge in [-0.05, 0) is 19.1 Å². The van der Waals surface area contributed by atoms with Gasteiger partial charge in [-0.15, -0.1) is 0 Å². The van der Waals surface area contributed by atoms with Crippen LogP contribution in [0.5, 0.6) is 0 Å². The summed E-state index contributed by atoms with van der Waals surface area (Å²) in [5.74, 6) is 0.608. The van der Waals surface area contributed by atoms with E-state index in [1.807, 2.05) is 43.3 Å². The second-order valence-electron chi connectivity index (χ2n) is 4.11. The van der Waals surface area contributed by atoms with Crippen molar-refractivity contribution >= 4 is 5.82 Å². The maximum absolute atomic E-state index is 6.00. The van der Waals surface area contributed by atoms with Crippen LogP contribution < -0.4 is 5.73 Å². The first-order valence-corrected chi connectivity index (χ1v) is 5.67. The summed E-state index contributed by atoms with van der Waals surface area (Å²) in [5, 5.41) is 11.4. The summed E-state index contributed by atoms with van der Waals surface area (Å²) in [6.45, 7) is 1.96. The highest BCUT2D eigenvalue weighted by molar-refractivity contribution is 5.64. The number of rotatable bonds is 2. The van der Waals surface area contributed by atoms with Crippen molar-refractivity contribution in [3.63, 3.8) is 0 Å². The molecule has 5 heteroatoms. The number of nitrogens with two attached hydrogens (primary N) is 1. The van der Waals surface area contributed by atoms with E-state index in [2.05, 4.69) is 15.3 Å². The summed E-state index contributed by atoms with van der Waals surface area (Å²) in [5.41, 5.74) is 9.72. The fraction of sp³-hybridized carbons (Fsp3) is 0.0769. The molecule has 0 aliphatic rings. The zero-order chi connectivity index (χ0) is 12.5. The van der Waals surface area contributed by atoms with E-state index >= 15 is 0 Å². The van der Waals surface area contributed by atoms with Crippen molar-refractivity contribution in [3.05, 3.63) is 48.3 Å². The lowest BCUT2D eigenvalue weighted by atomic mass is 10.2. The van der Waals surface area contributed by atoms with Crippen LogP contribution in [0.3, 0.4) is 0 Å². The minimum atomic E-state index is 0.608. The van der Waals surface area contributed by atoms with Crippen molar-refractivity contribution in [2.75, 3.05) is 5.73 Å². The fourth-order valence-electron chi connectivity index (χ4n) is 1.91. The monoisotopic (exact) mass is 239 g/mol. The van der Waals surface area contributed by atoms with Crippen LogP contribution in [-0.4, -0.2) is 20.0 Å². The maximum Gasteiger partial charge on any atom is 0.127 e. The number of nitrogens with zero attached hydrogens (tertiary/aromatic N) is 3. The lowest BCUT2D eigenvalue weighted by Crippen LogP contribution is -2.01. The Morgan fingerprint density at radius 2 is 2.00 bits per heavy atom. The van der Waals surface area contributed by atoms with Gasteiger partial charge in [0.2, 0.25) is 0 Å². The lowest BCUT2D eigenvalue weighted by Gasteiger charge is -2.02. The average Bonchev–Trinajstić information content (AvgIpc) is 2.96. The Morgan fingerprint density at radius 3 is 2.67 bits per heavy atom. The minimum absolute atomic E-state index is 0.608. The van der Waals surface area contributed by atoms with Crippen LogP contribution in [0.2, 0.25) is 0 Å². The Labute approximate surface area is 104 Å². The molecule has 0 amide bonds. The van der Waals surface area contributed by atoms with E-state index in [9.17, 15) is 0 Å². The second-order valence-corrected chi connectivity index (χ2v) is 4.11. The van der Waals surface area contributed by atoms with E-state index in [0.29, 0.717) is 5.82 Å². The molecule has 18 heavy (non-hydrogen) atoms. The molecule has 1 aromatic carbocycles. The first kappa shape index (κ1) is 10.6. The molecule has 0 saturated carbocycles. The van der Waals surface area contributed by atoms with Crippen LogP contribution in [0.15, 0.2) is 42.6 Å². The normalized spacial score (nSPS) is 10.7. The number of H-pyrrole nitrogens is 1. The molecule has 0 aliphatic carbocycles. The van der Waals surface area contributed by atoms with Gasteiger partial charge < -0.3 is 5.73 Å². The Kier molecular flexibility index (Phi) is 2.37. The number of benzene rings is 1. The van der Waals surface area contributed by atoms with Crippen molar-refractivity contribution in [2.45, 2.75) is 6.92 Å². The van der Waals surface area contributed by atoms with Crippen LogP contribution in [-0.2, 0) is 0 Å². The molecule has 5 nitrogen and oxygen atoms in total. The molecule has 3 aromatic rings. The molecule has 0 spiro atoms. The van der Waals surface area contributed by atoms with Crippen LogP contribution in [0, 0.1) is 6.92 Å². The van der Waals surface area contributed by atoms with Gasteiger partial charge in [0.05, 0.1) is 17.6 Å². The largest absolute Gasteiger partial charge is 0.384 e. The van der Waals surface area contributed by atoms with Crippen LogP contribution >= 0.6 is 0 Å². The second kappa shape index (κ2) is 4.03. The maximum atomic E-state index is 6.00. The zero-order valence-corrected chi connectivity index (χ0v) is 9.96. The third kappa shape index (κ3) is 1.66. The Balaban J connectivity index is 2.10. The highest BCUT2D eigenvalue weighted by Gasteiger charge is 2.11. The molecule has 0 saturated heterocycles. The van der Waals surface area contributed by atoms with Crippen molar-refractivity contribution < 1.29 is 0 Å². The number of hydrogen-bond donors (Lipinski definition) is 2. The molecular weight excluding hydrogens is 226 g/mol. The molecule has 3 N–H and O–H groups in total. The SMILES string of the molecule is Cc1[nH]ncc1-c1cc(N)n(-c2ccccc2)n1. The summed E-state index contributed by atoms with van der Waals surface area (Å²) in [6.07, 6.45) is 1.76. The number of hydrogen-bond acceptors (Lipinski definition) is 3. The molecule has 90 valence electrons. The predicted octanol–water partition coefficient (Wildman–Crippen LogP) is 2.15. The Bertz CT molecular complexity index is 666. The fourth-order valence-corrected chi connectivity index (χ4v) is 1.91. The number of anilines is 1. The van der Waals surface area contributed by atoms with E-state index < -0.39 is 0 Å². The lowest BCUT2D eigenvalue weighted by molar-refractivity contribution is 0.895. The number of aromatic amines is 1. The number of aryl methyl sites for hydroxylation is 1. The molecule has 0 fully saturated rings. The van der Waals surface area contributed by atoms with Crippen molar-refractivity contribution in [2.24, 2.45) is 0 Å². The van der Waals surface area contributed by atoms with Gasteiger partial charge in [0.15, 0.2) is 0 Å². The predicted molar refractivity (Wildman–Crippen MR) is 70.3 cm³/mol. The number of nitrogens with one attached hydrogen (secondary N) is 1. The molecule has 0 atom stereocenters. The zero-order valence-electron chi connectivity index (χ0n) is 9.96. The molecule has 0 aliphatic heterocycles. The van der Waals surface area contributed by atoms with Gasteiger partial charge in [-0.2, -0.15) is 10.2 Å². The van der Waals surface area contributed by atoms with Gasteiger partial charge >= 0.3 is 0 Å². The van der Waals surface area contributed by atoms with Gasteiger partial charge in [0, 0.05) is 17.3 Å². The standard InChI is InChI=1S/C13H13N5/c1-9-11(8-15-16-9)12-7-13(14)18(17-12)10-5-3-2-4-6-10/h2-8H,14H2,1H3,(H,15,16). The highest BCUT2D eigenvalue weighted by atomic mass is 15.3. The number of aromatic nitrogens is 4. The van der Waals surface area contributed by atoms with Gasteiger partial charge in [0.25, 0.3) is 0 Å². The summed E-state index contributed by atoms with van der Waals surface area (Å²) in [7, 11) is 0. The third-order valence-electron chi connectivity index (χ3n) is 2.84. The molecule has 3 rings (SSSR count). The first-order valence-electron chi connectivity index (χ1n) is 5.67. The molecule has 0 bridgehead atoms. The molecule has 0 radical (unpaired) electrons. The van der Waals surface area contributed by atoms with Gasteiger partial charge in [-0.25, -0.2) is 4.68 Å². The number of para-hydroxylation sites is 1. The smallest absolute Gasteiger partial charge is 0.127 e. The summed E-state index contributed by atoms with van der Waals surface area (Å²) >= 11 is 0. The van der Waals surface area contributed by atoms with E-state index in [-0.39, 0.29) is 0 Å². The van der Waals surface area contributed by atoms with Gasteiger partial charge in [-0.1, -0.05) is 18.2 Å². The quantitative estimate of drug-likeness (QED) is 0.719. The average molecular weight is 239 g/mol. The molecule has 2 aromatic heterocycles. The topological polar surface area (TPSA) is 72.5 Å². The van der Waals surface area contributed by atoms with Crippen molar-refractivity contribution in [1.82, 2.24) is 20.0 Å². The van der Waals surface area contributed by atoms with E-state index in [4.69, 9.17) is 5.73 Å². The van der Waals surface area contributed by atoms with Gasteiger partial charge in [-0.3, -0.25) is 5.10 Å². The number of nitrogen functional groups attached to an aromatic ring is 1. The molecular formula is C13H13N5. The molecule has 0 unspecified atom stereocenters. The van der Waals surface area contributed by atoms with E-state index in [1.165, 1.54) is 0 Å². The Morgan fingerprint density at radius 1 is 1.22 bits per heavy atom. The summed E-state index contributed by atoms with van der Waals surface area (Å²) in [6, 6.07) is 11.7. The first-order chi connectivity index (χ1) is 8.75. The van der Waals surface area contributed by atoms with Crippen molar-refractivity contribution in [3.8, 4) is 16.9 Å². The van der Waals surface area contributed by atoms with Crippen LogP contribution in [0.4, 0.5) is 5.82 Å². The summed E-state index contributed by atoms with van der Waals surface area (Å²) in [4.78, 5) is 0. The Hall–Kier alpha value is -2.56. The summed E-state index contributed by atoms with van der Waals surface area (Å²) < 4.78 is 1.72. The third-order valence-corrected chi connectivity index (χ3v) is 2.84.